The van der Waals surface area contributed by atoms with Gasteiger partial charge in [0.05, 0.1) is 11.4 Å². The summed E-state index contributed by atoms with van der Waals surface area (Å²) < 4.78 is 0. The summed E-state index contributed by atoms with van der Waals surface area (Å²) in [5, 5.41) is 0. The van der Waals surface area contributed by atoms with Crippen molar-refractivity contribution in [3.8, 4) is 56.2 Å². The summed E-state index contributed by atoms with van der Waals surface area (Å²) in [6, 6.07) is 48.5. The summed E-state index contributed by atoms with van der Waals surface area (Å²) in [5.41, 5.74) is 11.0. The van der Waals surface area contributed by atoms with Gasteiger partial charge in [0, 0.05) is 16.7 Å². The molecule has 2 heteroatoms. The van der Waals surface area contributed by atoms with E-state index in [1.807, 2.05) is 36.4 Å². The van der Waals surface area contributed by atoms with Crippen LogP contribution in [0.2, 0.25) is 0 Å². The molecule has 0 fully saturated rings. The lowest BCUT2D eigenvalue weighted by Crippen LogP contribution is -1.96. The van der Waals surface area contributed by atoms with E-state index in [0.29, 0.717) is 0 Å². The van der Waals surface area contributed by atoms with Crippen molar-refractivity contribution in [3.05, 3.63) is 145 Å². The Labute approximate surface area is 218 Å². The second-order valence-corrected chi connectivity index (χ2v) is 9.23. The van der Waals surface area contributed by atoms with Crippen molar-refractivity contribution in [2.75, 3.05) is 0 Å². The van der Waals surface area contributed by atoms with Crippen LogP contribution in [0.5, 0.6) is 0 Å². The van der Waals surface area contributed by atoms with Gasteiger partial charge in [-0.1, -0.05) is 127 Å². The molecule has 0 aliphatic carbocycles. The Morgan fingerprint density at radius 1 is 0.351 bits per heavy atom. The summed E-state index contributed by atoms with van der Waals surface area (Å²) in [4.78, 5) is 10.00. The smallest absolute Gasteiger partial charge is 0.160 e. The second-order valence-electron chi connectivity index (χ2n) is 9.23. The van der Waals surface area contributed by atoms with Crippen molar-refractivity contribution < 1.29 is 0 Å². The lowest BCUT2D eigenvalue weighted by Gasteiger charge is -2.11. The third-order valence-corrected chi connectivity index (χ3v) is 6.53. The standard InChI is InChI=1S/C35H26N2/c1-25-11-8-16-28(21-25)29-17-9-18-30(22-29)31-19-10-20-32(23-31)35-36-33(26-12-4-2-5-13-26)24-34(37-35)27-14-6-3-7-15-27/h2-24H,1H3. The fraction of sp³-hybridized carbons (Fsp3) is 0.0286. The predicted octanol–water partition coefficient (Wildman–Crippen LogP) is 9.12. The van der Waals surface area contributed by atoms with Crippen molar-refractivity contribution >= 4 is 0 Å². The van der Waals surface area contributed by atoms with Crippen LogP contribution in [0, 0.1) is 6.92 Å². The molecule has 6 rings (SSSR count). The predicted molar refractivity (Wildman–Crippen MR) is 154 cm³/mol. The van der Waals surface area contributed by atoms with Crippen LogP contribution in [0.3, 0.4) is 0 Å². The average molecular weight is 475 g/mol. The van der Waals surface area contributed by atoms with Crippen LogP contribution in [0.25, 0.3) is 56.2 Å². The van der Waals surface area contributed by atoms with Crippen molar-refractivity contribution in [2.45, 2.75) is 6.92 Å². The van der Waals surface area contributed by atoms with E-state index >= 15 is 0 Å². The Bertz CT molecular complexity index is 1610. The van der Waals surface area contributed by atoms with Gasteiger partial charge >= 0.3 is 0 Å². The molecule has 0 aliphatic rings. The van der Waals surface area contributed by atoms with Crippen LogP contribution in [0.15, 0.2) is 140 Å². The highest BCUT2D eigenvalue weighted by Gasteiger charge is 2.11. The van der Waals surface area contributed by atoms with Gasteiger partial charge in [-0.3, -0.25) is 0 Å². The highest BCUT2D eigenvalue weighted by Crippen LogP contribution is 2.31. The van der Waals surface area contributed by atoms with E-state index in [1.54, 1.807) is 0 Å². The molecule has 0 unspecified atom stereocenters. The van der Waals surface area contributed by atoms with Crippen LogP contribution in [0.4, 0.5) is 0 Å². The molecule has 0 saturated heterocycles. The second kappa shape index (κ2) is 10.0. The number of aromatic nitrogens is 2. The molecule has 1 aromatic heterocycles. The topological polar surface area (TPSA) is 25.8 Å². The van der Waals surface area contributed by atoms with Gasteiger partial charge in [-0.2, -0.15) is 0 Å². The first-order chi connectivity index (χ1) is 18.2. The van der Waals surface area contributed by atoms with Crippen LogP contribution in [0.1, 0.15) is 5.56 Å². The molecule has 0 amide bonds. The summed E-state index contributed by atoms with van der Waals surface area (Å²) >= 11 is 0. The Morgan fingerprint density at radius 2 is 0.757 bits per heavy atom. The SMILES string of the molecule is Cc1cccc(-c2cccc(-c3cccc(-c4nc(-c5ccccc5)cc(-c5ccccc5)n4)c3)c2)c1. The van der Waals surface area contributed by atoms with E-state index in [1.165, 1.54) is 22.3 Å². The molecule has 0 atom stereocenters. The average Bonchev–Trinajstić information content (AvgIpc) is 2.98. The summed E-state index contributed by atoms with van der Waals surface area (Å²) in [6.45, 7) is 2.13. The number of hydrogen-bond donors (Lipinski definition) is 0. The maximum absolute atomic E-state index is 5.00. The zero-order valence-corrected chi connectivity index (χ0v) is 20.7. The molecule has 6 aromatic rings. The summed E-state index contributed by atoms with van der Waals surface area (Å²) in [6.07, 6.45) is 0. The summed E-state index contributed by atoms with van der Waals surface area (Å²) in [7, 11) is 0. The number of nitrogens with zero attached hydrogens (tertiary/aromatic N) is 2. The molecule has 0 bridgehead atoms. The van der Waals surface area contributed by atoms with Crippen LogP contribution in [-0.4, -0.2) is 9.97 Å². The molecule has 0 radical (unpaired) electrons. The molecular formula is C35H26N2. The van der Waals surface area contributed by atoms with Gasteiger partial charge in [-0.05, 0) is 47.4 Å². The number of rotatable bonds is 5. The quantitative estimate of drug-likeness (QED) is 0.249. The molecule has 0 spiro atoms. The van der Waals surface area contributed by atoms with Crippen LogP contribution in [-0.2, 0) is 0 Å². The van der Waals surface area contributed by atoms with Gasteiger partial charge in [-0.15, -0.1) is 0 Å². The van der Waals surface area contributed by atoms with Crippen molar-refractivity contribution in [1.29, 1.82) is 0 Å². The lowest BCUT2D eigenvalue weighted by atomic mass is 9.97. The molecule has 2 nitrogen and oxygen atoms in total. The molecule has 1 heterocycles. The Kier molecular flexibility index (Phi) is 6.14. The number of benzene rings is 5. The van der Waals surface area contributed by atoms with E-state index in [2.05, 4.69) is 110 Å². The van der Waals surface area contributed by atoms with Gasteiger partial charge in [-0.25, -0.2) is 9.97 Å². The molecule has 176 valence electrons. The third-order valence-electron chi connectivity index (χ3n) is 6.53. The lowest BCUT2D eigenvalue weighted by molar-refractivity contribution is 1.18. The van der Waals surface area contributed by atoms with E-state index in [4.69, 9.17) is 9.97 Å². The first-order valence-electron chi connectivity index (χ1n) is 12.5. The fourth-order valence-electron chi connectivity index (χ4n) is 4.63. The minimum Gasteiger partial charge on any atom is -0.228 e. The first-order valence-corrected chi connectivity index (χ1v) is 12.5. The van der Waals surface area contributed by atoms with E-state index in [9.17, 15) is 0 Å². The zero-order valence-electron chi connectivity index (χ0n) is 20.7. The zero-order chi connectivity index (χ0) is 25.0. The minimum absolute atomic E-state index is 0.719. The van der Waals surface area contributed by atoms with Gasteiger partial charge in [0.15, 0.2) is 5.82 Å². The van der Waals surface area contributed by atoms with Gasteiger partial charge in [0.2, 0.25) is 0 Å². The molecule has 0 N–H and O–H groups in total. The van der Waals surface area contributed by atoms with Gasteiger partial charge in [0.1, 0.15) is 0 Å². The Hall–Kier alpha value is -4.82. The normalized spacial score (nSPS) is 10.8. The summed E-state index contributed by atoms with van der Waals surface area (Å²) in [5.74, 6) is 0.719. The minimum atomic E-state index is 0.719. The van der Waals surface area contributed by atoms with E-state index in [-0.39, 0.29) is 0 Å². The van der Waals surface area contributed by atoms with E-state index < -0.39 is 0 Å². The number of hydrogen-bond acceptors (Lipinski definition) is 2. The van der Waals surface area contributed by atoms with Gasteiger partial charge in [0.25, 0.3) is 0 Å². The van der Waals surface area contributed by atoms with E-state index in [0.717, 1.165) is 39.5 Å². The molecule has 0 saturated carbocycles. The fourth-order valence-corrected chi connectivity index (χ4v) is 4.63. The van der Waals surface area contributed by atoms with Crippen LogP contribution >= 0.6 is 0 Å². The molecule has 0 aliphatic heterocycles. The Balaban J connectivity index is 1.44. The molecular weight excluding hydrogens is 448 g/mol. The third kappa shape index (κ3) is 4.96. The molecule has 5 aromatic carbocycles. The maximum Gasteiger partial charge on any atom is 0.160 e. The highest BCUT2D eigenvalue weighted by molar-refractivity contribution is 5.77. The van der Waals surface area contributed by atoms with Crippen molar-refractivity contribution in [1.82, 2.24) is 9.97 Å². The Morgan fingerprint density at radius 3 is 1.27 bits per heavy atom. The first kappa shape index (κ1) is 22.6. The molecule has 37 heavy (non-hydrogen) atoms. The number of aryl methyl sites for hydroxylation is 1. The monoisotopic (exact) mass is 474 g/mol. The highest BCUT2D eigenvalue weighted by atomic mass is 14.9. The van der Waals surface area contributed by atoms with Gasteiger partial charge < -0.3 is 0 Å². The largest absolute Gasteiger partial charge is 0.228 e. The van der Waals surface area contributed by atoms with Crippen molar-refractivity contribution in [2.24, 2.45) is 0 Å². The maximum atomic E-state index is 5.00. The van der Waals surface area contributed by atoms with Crippen LogP contribution < -0.4 is 0 Å². The van der Waals surface area contributed by atoms with Crippen molar-refractivity contribution in [3.63, 3.8) is 0 Å².